The van der Waals surface area contributed by atoms with Crippen molar-refractivity contribution in [3.8, 4) is 0 Å². The normalized spacial score (nSPS) is 16.8. The Morgan fingerprint density at radius 2 is 2.00 bits per heavy atom. The summed E-state index contributed by atoms with van der Waals surface area (Å²) in [5, 5.41) is 7.84. The third-order valence-corrected chi connectivity index (χ3v) is 3.85. The van der Waals surface area contributed by atoms with Gasteiger partial charge in [0.1, 0.15) is 0 Å². The van der Waals surface area contributed by atoms with Gasteiger partial charge in [0.2, 0.25) is 0 Å². The lowest BCUT2D eigenvalue weighted by molar-refractivity contribution is 0.123. The van der Waals surface area contributed by atoms with Crippen LogP contribution >= 0.6 is 0 Å². The lowest BCUT2D eigenvalue weighted by Crippen LogP contribution is -2.36. The summed E-state index contributed by atoms with van der Waals surface area (Å²) in [6.07, 6.45) is 3.96. The van der Waals surface area contributed by atoms with E-state index in [9.17, 15) is 0 Å². The van der Waals surface area contributed by atoms with Gasteiger partial charge < -0.3 is 15.0 Å². The van der Waals surface area contributed by atoms with Crippen molar-refractivity contribution in [1.29, 1.82) is 0 Å². The van der Waals surface area contributed by atoms with E-state index in [-0.39, 0.29) is 6.04 Å². The number of benzene rings is 1. The van der Waals surface area contributed by atoms with Crippen LogP contribution in [-0.2, 0) is 11.8 Å². The molecule has 0 saturated carbocycles. The van der Waals surface area contributed by atoms with Crippen LogP contribution in [-0.4, -0.2) is 36.1 Å². The zero-order valence-corrected chi connectivity index (χ0v) is 12.6. The topological polar surface area (TPSA) is 42.3 Å². The molecule has 1 saturated heterocycles. The monoisotopic (exact) mass is 286 g/mol. The van der Waals surface area contributed by atoms with E-state index in [0.717, 1.165) is 32.0 Å². The van der Waals surface area contributed by atoms with Gasteiger partial charge in [-0.2, -0.15) is 5.10 Å². The van der Waals surface area contributed by atoms with Crippen LogP contribution < -0.4 is 10.2 Å². The maximum Gasteiger partial charge on any atom is 0.0642 e. The molecule has 0 aliphatic carbocycles. The van der Waals surface area contributed by atoms with E-state index in [2.05, 4.69) is 52.7 Å². The largest absolute Gasteiger partial charge is 0.378 e. The number of aryl methyl sites for hydroxylation is 1. The highest BCUT2D eigenvalue weighted by molar-refractivity contribution is 5.70. The van der Waals surface area contributed by atoms with Crippen LogP contribution in [0.25, 0.3) is 0 Å². The molecule has 0 amide bonds. The highest BCUT2D eigenvalue weighted by Crippen LogP contribution is 2.29. The van der Waals surface area contributed by atoms with E-state index in [0.29, 0.717) is 0 Å². The Morgan fingerprint density at radius 1 is 1.24 bits per heavy atom. The number of hydrogen-bond donors (Lipinski definition) is 1. The summed E-state index contributed by atoms with van der Waals surface area (Å²) in [6, 6.07) is 8.69. The van der Waals surface area contributed by atoms with Gasteiger partial charge in [-0.15, -0.1) is 0 Å². The molecule has 1 aliphatic rings. The van der Waals surface area contributed by atoms with Crippen LogP contribution in [0.1, 0.15) is 18.5 Å². The molecule has 1 N–H and O–H groups in total. The van der Waals surface area contributed by atoms with Gasteiger partial charge in [0.05, 0.1) is 36.8 Å². The van der Waals surface area contributed by atoms with Gasteiger partial charge in [0.25, 0.3) is 0 Å². The average Bonchev–Trinajstić information content (AvgIpc) is 2.95. The van der Waals surface area contributed by atoms with Crippen LogP contribution in [0.2, 0.25) is 0 Å². The summed E-state index contributed by atoms with van der Waals surface area (Å²) in [7, 11) is 1.94. The number of rotatable bonds is 4. The standard InChI is InChI=1S/C16H22N4O/c1-13(14-11-17-19(2)12-14)18-15-5-3-4-6-16(15)20-7-9-21-10-8-20/h3-6,11-13,18H,7-10H2,1-2H3. The van der Waals surface area contributed by atoms with E-state index in [1.54, 1.807) is 0 Å². The second-order valence-electron chi connectivity index (χ2n) is 5.43. The first kappa shape index (κ1) is 13.9. The van der Waals surface area contributed by atoms with Gasteiger partial charge in [-0.1, -0.05) is 12.1 Å². The molecule has 3 rings (SSSR count). The second-order valence-corrected chi connectivity index (χ2v) is 5.43. The van der Waals surface area contributed by atoms with Gasteiger partial charge in [-0.3, -0.25) is 4.68 Å². The van der Waals surface area contributed by atoms with Crippen molar-refractivity contribution >= 4 is 11.4 Å². The fourth-order valence-electron chi connectivity index (χ4n) is 2.66. The molecular weight excluding hydrogens is 264 g/mol. The van der Waals surface area contributed by atoms with Crippen molar-refractivity contribution in [3.63, 3.8) is 0 Å². The van der Waals surface area contributed by atoms with E-state index in [1.807, 2.05) is 17.9 Å². The minimum absolute atomic E-state index is 0.223. The van der Waals surface area contributed by atoms with Gasteiger partial charge in [-0.05, 0) is 19.1 Å². The molecule has 1 aromatic heterocycles. The SMILES string of the molecule is CC(Nc1ccccc1N1CCOCC1)c1cnn(C)c1. The third-order valence-electron chi connectivity index (χ3n) is 3.85. The molecule has 21 heavy (non-hydrogen) atoms. The Kier molecular flexibility index (Phi) is 4.10. The summed E-state index contributed by atoms with van der Waals surface area (Å²) < 4.78 is 7.28. The van der Waals surface area contributed by atoms with Crippen molar-refractivity contribution in [2.75, 3.05) is 36.5 Å². The van der Waals surface area contributed by atoms with Crippen LogP contribution in [0, 0.1) is 0 Å². The number of nitrogens with zero attached hydrogens (tertiary/aromatic N) is 3. The summed E-state index contributed by atoms with van der Waals surface area (Å²) >= 11 is 0. The first-order valence-corrected chi connectivity index (χ1v) is 7.41. The molecule has 2 heterocycles. The molecule has 1 unspecified atom stereocenters. The smallest absolute Gasteiger partial charge is 0.0642 e. The summed E-state index contributed by atoms with van der Waals surface area (Å²) in [5.74, 6) is 0. The average molecular weight is 286 g/mol. The molecule has 1 fully saturated rings. The lowest BCUT2D eigenvalue weighted by atomic mass is 10.1. The van der Waals surface area contributed by atoms with E-state index >= 15 is 0 Å². The van der Waals surface area contributed by atoms with Crippen molar-refractivity contribution in [2.45, 2.75) is 13.0 Å². The quantitative estimate of drug-likeness (QED) is 0.937. The van der Waals surface area contributed by atoms with Gasteiger partial charge in [-0.25, -0.2) is 0 Å². The Morgan fingerprint density at radius 3 is 2.71 bits per heavy atom. The van der Waals surface area contributed by atoms with Crippen molar-refractivity contribution in [1.82, 2.24) is 9.78 Å². The van der Waals surface area contributed by atoms with Crippen LogP contribution in [0.5, 0.6) is 0 Å². The van der Waals surface area contributed by atoms with Crippen LogP contribution in [0.3, 0.4) is 0 Å². The first-order valence-electron chi connectivity index (χ1n) is 7.41. The molecule has 0 bridgehead atoms. The first-order chi connectivity index (χ1) is 10.2. The Hall–Kier alpha value is -2.01. The summed E-state index contributed by atoms with van der Waals surface area (Å²) in [6.45, 7) is 5.64. The summed E-state index contributed by atoms with van der Waals surface area (Å²) in [4.78, 5) is 2.38. The second kappa shape index (κ2) is 6.18. The van der Waals surface area contributed by atoms with Gasteiger partial charge in [0, 0.05) is 31.9 Å². The molecule has 5 heteroatoms. The van der Waals surface area contributed by atoms with E-state index < -0.39 is 0 Å². The van der Waals surface area contributed by atoms with Gasteiger partial charge >= 0.3 is 0 Å². The minimum atomic E-state index is 0.223. The molecule has 1 aliphatic heterocycles. The zero-order chi connectivity index (χ0) is 14.7. The molecule has 1 atom stereocenters. The minimum Gasteiger partial charge on any atom is -0.378 e. The number of aromatic nitrogens is 2. The van der Waals surface area contributed by atoms with E-state index in [1.165, 1.54) is 11.3 Å². The fourth-order valence-corrected chi connectivity index (χ4v) is 2.66. The van der Waals surface area contributed by atoms with Gasteiger partial charge in [0.15, 0.2) is 0 Å². The Labute approximate surface area is 125 Å². The zero-order valence-electron chi connectivity index (χ0n) is 12.6. The van der Waals surface area contributed by atoms with Crippen LogP contribution in [0.4, 0.5) is 11.4 Å². The number of nitrogens with one attached hydrogen (secondary N) is 1. The van der Waals surface area contributed by atoms with E-state index in [4.69, 9.17) is 4.74 Å². The van der Waals surface area contributed by atoms with Crippen LogP contribution in [0.15, 0.2) is 36.7 Å². The Bertz CT molecular complexity index is 589. The molecule has 2 aromatic rings. The molecule has 5 nitrogen and oxygen atoms in total. The number of ether oxygens (including phenoxy) is 1. The maximum absolute atomic E-state index is 5.44. The molecule has 1 aromatic carbocycles. The fraction of sp³-hybridized carbons (Fsp3) is 0.438. The predicted molar refractivity (Wildman–Crippen MR) is 84.7 cm³/mol. The molecule has 0 radical (unpaired) electrons. The third kappa shape index (κ3) is 3.19. The highest BCUT2D eigenvalue weighted by Gasteiger charge is 2.16. The lowest BCUT2D eigenvalue weighted by Gasteiger charge is -2.31. The number of morpholine rings is 1. The Balaban J connectivity index is 1.78. The highest BCUT2D eigenvalue weighted by atomic mass is 16.5. The molecule has 112 valence electrons. The van der Waals surface area contributed by atoms with Crippen molar-refractivity contribution < 1.29 is 4.74 Å². The maximum atomic E-state index is 5.44. The predicted octanol–water partition coefficient (Wildman–Crippen LogP) is 2.43. The molecular formula is C16H22N4O. The number of anilines is 2. The number of para-hydroxylation sites is 2. The van der Waals surface area contributed by atoms with Crippen molar-refractivity contribution in [2.24, 2.45) is 7.05 Å². The summed E-state index contributed by atoms with van der Waals surface area (Å²) in [5.41, 5.74) is 3.60. The number of hydrogen-bond acceptors (Lipinski definition) is 4. The molecule has 0 spiro atoms. The van der Waals surface area contributed by atoms with Crippen molar-refractivity contribution in [3.05, 3.63) is 42.2 Å².